The minimum absolute atomic E-state index is 0.0533. The highest BCUT2D eigenvalue weighted by molar-refractivity contribution is 6.45. The van der Waals surface area contributed by atoms with Crippen LogP contribution in [0.2, 0.25) is 20.1 Å². The van der Waals surface area contributed by atoms with Crippen LogP contribution in [0.1, 0.15) is 5.56 Å². The number of benzene rings is 2. The molecule has 0 unspecified atom stereocenters. The Morgan fingerprint density at radius 2 is 1.36 bits per heavy atom. The summed E-state index contributed by atoms with van der Waals surface area (Å²) in [6.07, 6.45) is 0. The van der Waals surface area contributed by atoms with Crippen molar-refractivity contribution in [3.05, 3.63) is 43.9 Å². The molecule has 0 aliphatic heterocycles. The van der Waals surface area contributed by atoms with Gasteiger partial charge in [-0.25, -0.2) is 0 Å². The number of carbonyl (C=O) groups excluding carboxylic acids is 2. The number of phenolic OH excluding ortho intramolecular Hbond substituents is 2. The fourth-order valence-electron chi connectivity index (χ4n) is 1.82. The summed E-state index contributed by atoms with van der Waals surface area (Å²) >= 11 is 23.3. The summed E-state index contributed by atoms with van der Waals surface area (Å²) in [5.41, 5.74) is 0.123. The van der Waals surface area contributed by atoms with Crippen LogP contribution in [0.15, 0.2) is 18.2 Å². The van der Waals surface area contributed by atoms with Crippen molar-refractivity contribution in [1.29, 1.82) is 0 Å². The van der Waals surface area contributed by atoms with Crippen LogP contribution in [-0.2, 0) is 9.59 Å². The van der Waals surface area contributed by atoms with Crippen molar-refractivity contribution < 1.29 is 19.8 Å². The van der Waals surface area contributed by atoms with E-state index in [4.69, 9.17) is 46.4 Å². The number of carbonyl (C=O) groups is 2. The Bertz CT molecular complexity index is 887. The molecule has 0 heterocycles. The molecule has 2 aromatic rings. The van der Waals surface area contributed by atoms with Crippen LogP contribution < -0.4 is 10.6 Å². The summed E-state index contributed by atoms with van der Waals surface area (Å²) in [5, 5.41) is 24.2. The maximum atomic E-state index is 12.0. The van der Waals surface area contributed by atoms with Gasteiger partial charge in [0.15, 0.2) is 11.5 Å². The quantitative estimate of drug-likeness (QED) is 0.419. The number of hydrogen-bond acceptors (Lipinski definition) is 4. The Morgan fingerprint density at radius 3 is 1.92 bits per heavy atom. The highest BCUT2D eigenvalue weighted by Crippen LogP contribution is 2.39. The number of anilines is 2. The smallest absolute Gasteiger partial charge is 0.314 e. The van der Waals surface area contributed by atoms with Crippen molar-refractivity contribution >= 4 is 69.6 Å². The summed E-state index contributed by atoms with van der Waals surface area (Å²) in [5.74, 6) is -3.16. The molecule has 132 valence electrons. The van der Waals surface area contributed by atoms with Gasteiger partial charge in [0.05, 0.1) is 21.4 Å². The van der Waals surface area contributed by atoms with Gasteiger partial charge in [0.2, 0.25) is 0 Å². The zero-order valence-electron chi connectivity index (χ0n) is 12.5. The van der Waals surface area contributed by atoms with Crippen LogP contribution in [0.3, 0.4) is 0 Å². The van der Waals surface area contributed by atoms with Crippen molar-refractivity contribution in [2.24, 2.45) is 0 Å². The highest BCUT2D eigenvalue weighted by atomic mass is 35.5. The average molecular weight is 424 g/mol. The molecular formula is C15H10Cl4N2O4. The summed E-state index contributed by atoms with van der Waals surface area (Å²) in [6.45, 7) is 1.58. The molecular weight excluding hydrogens is 414 g/mol. The second-order valence-electron chi connectivity index (χ2n) is 4.89. The number of hydrogen-bond donors (Lipinski definition) is 4. The van der Waals surface area contributed by atoms with Gasteiger partial charge in [-0.2, -0.15) is 0 Å². The van der Waals surface area contributed by atoms with Gasteiger partial charge < -0.3 is 20.8 Å². The molecule has 0 aliphatic rings. The summed E-state index contributed by atoms with van der Waals surface area (Å²) < 4.78 is 0. The van der Waals surface area contributed by atoms with E-state index in [2.05, 4.69) is 10.6 Å². The molecule has 0 aliphatic carbocycles. The second-order valence-corrected chi connectivity index (χ2v) is 6.51. The van der Waals surface area contributed by atoms with Gasteiger partial charge in [-0.1, -0.05) is 46.4 Å². The first-order valence-electron chi connectivity index (χ1n) is 6.59. The van der Waals surface area contributed by atoms with Crippen LogP contribution in [-0.4, -0.2) is 22.0 Å². The van der Waals surface area contributed by atoms with Crippen LogP contribution in [0.4, 0.5) is 11.4 Å². The molecule has 0 spiro atoms. The third kappa shape index (κ3) is 4.22. The summed E-state index contributed by atoms with van der Waals surface area (Å²) in [7, 11) is 0. The molecule has 0 fully saturated rings. The van der Waals surface area contributed by atoms with Crippen LogP contribution in [0.5, 0.6) is 11.5 Å². The third-order valence-electron chi connectivity index (χ3n) is 3.15. The minimum atomic E-state index is -1.14. The molecule has 2 rings (SSSR count). The van der Waals surface area contributed by atoms with Crippen LogP contribution >= 0.6 is 46.4 Å². The molecule has 0 bridgehead atoms. The van der Waals surface area contributed by atoms with Crippen molar-refractivity contribution in [2.75, 3.05) is 10.6 Å². The van der Waals surface area contributed by atoms with Gasteiger partial charge in [-0.3, -0.25) is 9.59 Å². The van der Waals surface area contributed by atoms with Crippen molar-refractivity contribution in [3.63, 3.8) is 0 Å². The van der Waals surface area contributed by atoms with Crippen molar-refractivity contribution in [3.8, 4) is 11.5 Å². The fourth-order valence-corrected chi connectivity index (χ4v) is 2.77. The number of rotatable bonds is 2. The number of halogens is 4. The van der Waals surface area contributed by atoms with E-state index in [1.807, 2.05) is 0 Å². The number of aromatic hydroxyl groups is 2. The van der Waals surface area contributed by atoms with E-state index in [1.165, 1.54) is 18.2 Å². The molecule has 0 radical (unpaired) electrons. The van der Waals surface area contributed by atoms with Crippen LogP contribution in [0, 0.1) is 6.92 Å². The predicted octanol–water partition coefficient (Wildman–Crippen LogP) is 4.60. The second kappa shape index (κ2) is 7.58. The molecule has 10 heteroatoms. The van der Waals surface area contributed by atoms with Gasteiger partial charge in [0.1, 0.15) is 0 Å². The Labute approximate surface area is 162 Å². The van der Waals surface area contributed by atoms with Gasteiger partial charge in [0, 0.05) is 10.0 Å². The molecule has 0 aromatic heterocycles. The number of phenols is 2. The third-order valence-corrected chi connectivity index (χ3v) is 4.51. The lowest BCUT2D eigenvalue weighted by molar-refractivity contribution is -0.133. The Kier molecular flexibility index (Phi) is 5.90. The zero-order chi connectivity index (χ0) is 18.9. The van der Waals surface area contributed by atoms with Gasteiger partial charge >= 0.3 is 11.8 Å². The molecule has 25 heavy (non-hydrogen) atoms. The summed E-state index contributed by atoms with van der Waals surface area (Å²) in [4.78, 5) is 24.0. The van der Waals surface area contributed by atoms with E-state index < -0.39 is 23.3 Å². The molecule has 2 amide bonds. The minimum Gasteiger partial charge on any atom is -0.504 e. The Morgan fingerprint density at radius 1 is 0.840 bits per heavy atom. The van der Waals surface area contributed by atoms with Gasteiger partial charge in [-0.05, 0) is 30.7 Å². The van der Waals surface area contributed by atoms with E-state index >= 15 is 0 Å². The molecule has 6 nitrogen and oxygen atoms in total. The van der Waals surface area contributed by atoms with E-state index in [1.54, 1.807) is 6.92 Å². The van der Waals surface area contributed by atoms with Crippen molar-refractivity contribution in [1.82, 2.24) is 0 Å². The van der Waals surface area contributed by atoms with E-state index in [0.29, 0.717) is 5.56 Å². The number of nitrogens with one attached hydrogen (secondary N) is 2. The molecule has 0 saturated heterocycles. The lowest BCUT2D eigenvalue weighted by Gasteiger charge is -2.12. The largest absolute Gasteiger partial charge is 0.504 e. The molecule has 0 atom stereocenters. The maximum absolute atomic E-state index is 12.0. The van der Waals surface area contributed by atoms with E-state index in [0.717, 1.165) is 0 Å². The fraction of sp³-hybridized carbons (Fsp3) is 0.0667. The SMILES string of the molecule is Cc1c(Cl)cc(NC(=O)C(=O)Nc2cc(Cl)cc(Cl)c2O)c(O)c1Cl. The molecule has 2 aromatic carbocycles. The lowest BCUT2D eigenvalue weighted by Crippen LogP contribution is -2.29. The lowest BCUT2D eigenvalue weighted by atomic mass is 10.2. The number of amides is 2. The normalized spacial score (nSPS) is 10.4. The van der Waals surface area contributed by atoms with Gasteiger partial charge in [-0.15, -0.1) is 0 Å². The van der Waals surface area contributed by atoms with Crippen LogP contribution in [0.25, 0.3) is 0 Å². The first-order chi connectivity index (χ1) is 11.6. The highest BCUT2D eigenvalue weighted by Gasteiger charge is 2.20. The topological polar surface area (TPSA) is 98.7 Å². The predicted molar refractivity (Wildman–Crippen MR) is 98.2 cm³/mol. The maximum Gasteiger partial charge on any atom is 0.314 e. The monoisotopic (exact) mass is 422 g/mol. The Balaban J connectivity index is 2.21. The zero-order valence-corrected chi connectivity index (χ0v) is 15.5. The van der Waals surface area contributed by atoms with E-state index in [-0.39, 0.29) is 31.5 Å². The standard InChI is InChI=1S/C15H10Cl4N2O4/c1-5-7(17)4-10(13(23)11(5)19)21-15(25)14(24)20-9-3-6(16)2-8(18)12(9)22/h2-4,22-23H,1H3,(H,20,24)(H,21,25). The van der Waals surface area contributed by atoms with E-state index in [9.17, 15) is 19.8 Å². The Hall–Kier alpha value is -1.86. The average Bonchev–Trinajstić information content (AvgIpc) is 2.54. The summed E-state index contributed by atoms with van der Waals surface area (Å²) in [6, 6.07) is 3.73. The molecule has 0 saturated carbocycles. The first-order valence-corrected chi connectivity index (χ1v) is 8.11. The van der Waals surface area contributed by atoms with Gasteiger partial charge in [0.25, 0.3) is 0 Å². The first kappa shape index (κ1) is 19.5. The molecule has 4 N–H and O–H groups in total. The van der Waals surface area contributed by atoms with Crippen molar-refractivity contribution in [2.45, 2.75) is 6.92 Å².